The Morgan fingerprint density at radius 2 is 1.71 bits per heavy atom. The van der Waals surface area contributed by atoms with Crippen LogP contribution in [-0.2, 0) is 9.59 Å². The van der Waals surface area contributed by atoms with Crippen molar-refractivity contribution in [2.75, 3.05) is 0 Å². The normalized spacial score (nSPS) is 14.8. The summed E-state index contributed by atoms with van der Waals surface area (Å²) in [6.45, 7) is 10.9. The molecular weight excluding hydrogens is 218 g/mol. The first-order valence-corrected chi connectivity index (χ1v) is 6.16. The van der Waals surface area contributed by atoms with Crippen molar-refractivity contribution in [3.63, 3.8) is 0 Å². The van der Waals surface area contributed by atoms with Gasteiger partial charge in [-0.1, -0.05) is 13.8 Å². The number of carboxylic acid groups (broad SMARTS) is 1. The maximum Gasteiger partial charge on any atom is 0.329 e. The van der Waals surface area contributed by atoms with Crippen molar-refractivity contribution in [2.24, 2.45) is 5.92 Å². The molecule has 0 spiro atoms. The van der Waals surface area contributed by atoms with Gasteiger partial charge in [-0.3, -0.25) is 4.79 Å². The second-order valence-electron chi connectivity index (χ2n) is 5.49. The lowest BCUT2D eigenvalue weighted by Gasteiger charge is -2.40. The van der Waals surface area contributed by atoms with Crippen molar-refractivity contribution >= 4 is 11.9 Å². The molecule has 1 N–H and O–H groups in total. The number of carbonyl (C=O) groups is 2. The van der Waals surface area contributed by atoms with Crippen LogP contribution in [0.2, 0.25) is 0 Å². The highest BCUT2D eigenvalue weighted by molar-refractivity contribution is 5.85. The lowest BCUT2D eigenvalue weighted by molar-refractivity contribution is -0.160. The van der Waals surface area contributed by atoms with Gasteiger partial charge in [0.1, 0.15) is 5.54 Å². The highest BCUT2D eigenvalue weighted by Gasteiger charge is 2.42. The van der Waals surface area contributed by atoms with Crippen LogP contribution in [-0.4, -0.2) is 33.5 Å². The average molecular weight is 243 g/mol. The molecule has 0 aliphatic rings. The zero-order chi connectivity index (χ0) is 13.8. The number of nitrogens with zero attached hydrogens (tertiary/aromatic N) is 1. The average Bonchev–Trinajstić information content (AvgIpc) is 2.13. The maximum atomic E-state index is 11.6. The highest BCUT2D eigenvalue weighted by Crippen LogP contribution is 2.26. The summed E-state index contributed by atoms with van der Waals surface area (Å²) in [5, 5.41) is 9.42. The maximum absolute atomic E-state index is 11.6. The minimum atomic E-state index is -1.11. The zero-order valence-electron chi connectivity index (χ0n) is 11.8. The Labute approximate surface area is 104 Å². The Morgan fingerprint density at radius 1 is 1.24 bits per heavy atom. The quantitative estimate of drug-likeness (QED) is 0.780. The fourth-order valence-electron chi connectivity index (χ4n) is 2.18. The summed E-state index contributed by atoms with van der Waals surface area (Å²) in [5.74, 6) is -0.689. The van der Waals surface area contributed by atoms with Gasteiger partial charge in [0.25, 0.3) is 0 Å². The monoisotopic (exact) mass is 243 g/mol. The molecule has 100 valence electrons. The summed E-state index contributed by atoms with van der Waals surface area (Å²) in [5.41, 5.74) is -1.11. The van der Waals surface area contributed by atoms with Crippen molar-refractivity contribution in [3.05, 3.63) is 0 Å². The van der Waals surface area contributed by atoms with E-state index in [1.54, 1.807) is 6.92 Å². The number of hydrogen-bond donors (Lipinski definition) is 1. The first-order chi connectivity index (χ1) is 7.62. The number of hydrogen-bond acceptors (Lipinski definition) is 2. The van der Waals surface area contributed by atoms with Gasteiger partial charge in [0.2, 0.25) is 5.91 Å². The summed E-state index contributed by atoms with van der Waals surface area (Å²) in [6.07, 6.45) is 1.27. The van der Waals surface area contributed by atoms with E-state index in [1.807, 2.05) is 13.8 Å². The van der Waals surface area contributed by atoms with Crippen LogP contribution in [0.4, 0.5) is 0 Å². The molecule has 0 rings (SSSR count). The molecular formula is C13H25NO3. The largest absolute Gasteiger partial charge is 0.480 e. The van der Waals surface area contributed by atoms with Gasteiger partial charge in [0, 0.05) is 13.0 Å². The molecule has 0 radical (unpaired) electrons. The number of carboxylic acids is 1. The smallest absolute Gasteiger partial charge is 0.329 e. The molecule has 0 fully saturated rings. The van der Waals surface area contributed by atoms with E-state index in [-0.39, 0.29) is 11.9 Å². The number of aliphatic carboxylic acids is 1. The van der Waals surface area contributed by atoms with E-state index < -0.39 is 11.5 Å². The molecule has 0 aromatic carbocycles. The van der Waals surface area contributed by atoms with Gasteiger partial charge in [-0.2, -0.15) is 0 Å². The van der Waals surface area contributed by atoms with Crippen LogP contribution in [0.15, 0.2) is 0 Å². The lowest BCUT2D eigenvalue weighted by Crippen LogP contribution is -2.57. The summed E-state index contributed by atoms with van der Waals surface area (Å²) in [7, 11) is 0. The Morgan fingerprint density at radius 3 is 1.94 bits per heavy atom. The Kier molecular flexibility index (Phi) is 5.66. The van der Waals surface area contributed by atoms with Gasteiger partial charge in [0.05, 0.1) is 0 Å². The van der Waals surface area contributed by atoms with E-state index in [9.17, 15) is 14.7 Å². The molecule has 0 saturated carbocycles. The van der Waals surface area contributed by atoms with Gasteiger partial charge in [-0.15, -0.1) is 0 Å². The van der Waals surface area contributed by atoms with Gasteiger partial charge in [-0.05, 0) is 39.5 Å². The molecule has 0 bridgehead atoms. The Bertz CT molecular complexity index is 286. The van der Waals surface area contributed by atoms with Gasteiger partial charge in [-0.25, -0.2) is 4.79 Å². The van der Waals surface area contributed by atoms with E-state index in [1.165, 1.54) is 11.8 Å². The van der Waals surface area contributed by atoms with Crippen LogP contribution in [0.3, 0.4) is 0 Å². The molecule has 4 heteroatoms. The molecule has 0 heterocycles. The topological polar surface area (TPSA) is 57.6 Å². The van der Waals surface area contributed by atoms with Crippen molar-refractivity contribution in [1.29, 1.82) is 0 Å². The lowest BCUT2D eigenvalue weighted by atomic mass is 9.89. The molecule has 1 unspecified atom stereocenters. The van der Waals surface area contributed by atoms with E-state index in [2.05, 4.69) is 13.8 Å². The van der Waals surface area contributed by atoms with Crippen LogP contribution in [0.1, 0.15) is 54.4 Å². The first-order valence-electron chi connectivity index (χ1n) is 6.16. The van der Waals surface area contributed by atoms with Crippen LogP contribution in [0.5, 0.6) is 0 Å². The van der Waals surface area contributed by atoms with Crippen molar-refractivity contribution < 1.29 is 14.7 Å². The molecule has 0 aromatic heterocycles. The summed E-state index contributed by atoms with van der Waals surface area (Å²) < 4.78 is 0. The predicted octanol–water partition coefficient (Wildman–Crippen LogP) is 2.52. The zero-order valence-corrected chi connectivity index (χ0v) is 11.8. The molecule has 0 aliphatic carbocycles. The van der Waals surface area contributed by atoms with Crippen LogP contribution in [0, 0.1) is 5.92 Å². The van der Waals surface area contributed by atoms with Crippen LogP contribution >= 0.6 is 0 Å². The summed E-state index contributed by atoms with van der Waals surface area (Å²) in [4.78, 5) is 24.6. The third-order valence-corrected chi connectivity index (χ3v) is 3.06. The second kappa shape index (κ2) is 6.03. The minimum Gasteiger partial charge on any atom is -0.480 e. The van der Waals surface area contributed by atoms with E-state index in [4.69, 9.17) is 0 Å². The van der Waals surface area contributed by atoms with Gasteiger partial charge >= 0.3 is 5.97 Å². The molecule has 4 nitrogen and oxygen atoms in total. The van der Waals surface area contributed by atoms with Gasteiger partial charge in [0.15, 0.2) is 0 Å². The summed E-state index contributed by atoms with van der Waals surface area (Å²) >= 11 is 0. The van der Waals surface area contributed by atoms with E-state index >= 15 is 0 Å². The fraction of sp³-hybridized carbons (Fsp3) is 0.846. The number of rotatable bonds is 6. The SMILES string of the molecule is CC(=O)N(C(C)C)C(C)(CCC(C)C)C(=O)O. The fourth-order valence-corrected chi connectivity index (χ4v) is 2.18. The minimum absolute atomic E-state index is 0.110. The highest BCUT2D eigenvalue weighted by atomic mass is 16.4. The second-order valence-corrected chi connectivity index (χ2v) is 5.49. The third kappa shape index (κ3) is 4.02. The Hall–Kier alpha value is -1.06. The van der Waals surface area contributed by atoms with Crippen molar-refractivity contribution in [2.45, 2.75) is 66.0 Å². The molecule has 1 atom stereocenters. The standard InChI is InChI=1S/C13H25NO3/c1-9(2)7-8-13(6,12(16)17)14(10(3)4)11(5)15/h9-10H,7-8H2,1-6H3,(H,16,17). The third-order valence-electron chi connectivity index (χ3n) is 3.06. The van der Waals surface area contributed by atoms with Crippen LogP contribution < -0.4 is 0 Å². The van der Waals surface area contributed by atoms with Crippen molar-refractivity contribution in [3.8, 4) is 0 Å². The molecule has 0 aliphatic heterocycles. The van der Waals surface area contributed by atoms with E-state index in [0.29, 0.717) is 12.3 Å². The number of amides is 1. The predicted molar refractivity (Wildman–Crippen MR) is 67.8 cm³/mol. The first kappa shape index (κ1) is 15.9. The van der Waals surface area contributed by atoms with Gasteiger partial charge < -0.3 is 10.0 Å². The number of carbonyl (C=O) groups excluding carboxylic acids is 1. The molecule has 0 aromatic rings. The molecule has 1 amide bonds. The van der Waals surface area contributed by atoms with Crippen LogP contribution in [0.25, 0.3) is 0 Å². The van der Waals surface area contributed by atoms with Crippen molar-refractivity contribution in [1.82, 2.24) is 4.90 Å². The van der Waals surface area contributed by atoms with E-state index in [0.717, 1.165) is 6.42 Å². The Balaban J connectivity index is 5.15. The molecule has 17 heavy (non-hydrogen) atoms. The summed E-state index contributed by atoms with van der Waals surface area (Å²) in [6, 6.07) is -0.110. The molecule has 0 saturated heterocycles.